The van der Waals surface area contributed by atoms with Crippen LogP contribution in [0.25, 0.3) is 0 Å². The van der Waals surface area contributed by atoms with Gasteiger partial charge in [0, 0.05) is 32.2 Å². The molecule has 0 aromatic rings. The number of β-amino-alcohol motifs (C(OH)–C–C–N with tert-alkyl or cyclic N) is 1. The topological polar surface area (TPSA) is 69.1 Å². The summed E-state index contributed by atoms with van der Waals surface area (Å²) in [4.78, 5) is 6.96. The molecule has 2 saturated carbocycles. The summed E-state index contributed by atoms with van der Waals surface area (Å²) in [6, 6.07) is 0.570. The summed E-state index contributed by atoms with van der Waals surface area (Å²) in [5, 5.41) is 17.7. The lowest BCUT2D eigenvalue weighted by Gasteiger charge is -2.33. The maximum Gasteiger partial charge on any atom is 0.191 e. The summed E-state index contributed by atoms with van der Waals surface area (Å²) in [7, 11) is 0. The number of guanidine groups is 1. The number of aliphatic hydroxyl groups is 1. The molecule has 3 fully saturated rings. The second kappa shape index (κ2) is 11.2. The Kier molecular flexibility index (Phi) is 9.58. The molecule has 0 radical (unpaired) electrons. The van der Waals surface area contributed by atoms with Crippen molar-refractivity contribution in [1.82, 2.24) is 15.5 Å². The third-order valence-corrected chi connectivity index (χ3v) is 6.01. The molecule has 1 saturated heterocycles. The van der Waals surface area contributed by atoms with Crippen LogP contribution in [-0.2, 0) is 4.74 Å². The van der Waals surface area contributed by atoms with Crippen molar-refractivity contribution in [2.75, 3.05) is 45.9 Å². The predicted molar refractivity (Wildman–Crippen MR) is 121 cm³/mol. The fraction of sp³-hybridized carbons (Fsp3) is 0.950. The van der Waals surface area contributed by atoms with Gasteiger partial charge < -0.3 is 20.5 Å². The molecule has 0 bridgehead atoms. The molecular formula is C20H39IN4O2. The van der Waals surface area contributed by atoms with Crippen molar-refractivity contribution in [1.29, 1.82) is 0 Å². The van der Waals surface area contributed by atoms with Crippen LogP contribution in [0.1, 0.15) is 52.4 Å². The number of rotatable bonds is 7. The molecule has 3 unspecified atom stereocenters. The minimum absolute atomic E-state index is 0. The van der Waals surface area contributed by atoms with Gasteiger partial charge in [-0.1, -0.05) is 32.1 Å². The predicted octanol–water partition coefficient (Wildman–Crippen LogP) is 2.21. The van der Waals surface area contributed by atoms with Gasteiger partial charge in [-0.2, -0.15) is 0 Å². The van der Waals surface area contributed by atoms with Gasteiger partial charge in [-0.25, -0.2) is 0 Å². The van der Waals surface area contributed by atoms with E-state index < -0.39 is 5.60 Å². The Morgan fingerprint density at radius 1 is 1.22 bits per heavy atom. The fourth-order valence-electron chi connectivity index (χ4n) is 4.50. The van der Waals surface area contributed by atoms with Gasteiger partial charge in [0.15, 0.2) is 5.96 Å². The molecular weight excluding hydrogens is 455 g/mol. The van der Waals surface area contributed by atoms with Crippen molar-refractivity contribution in [2.45, 2.75) is 64.0 Å². The molecule has 3 atom stereocenters. The molecule has 0 amide bonds. The lowest BCUT2D eigenvalue weighted by Crippen LogP contribution is -2.48. The highest BCUT2D eigenvalue weighted by atomic mass is 127. The second-order valence-electron chi connectivity index (χ2n) is 8.63. The van der Waals surface area contributed by atoms with E-state index in [0.717, 1.165) is 50.6 Å². The molecule has 7 heteroatoms. The minimum Gasteiger partial charge on any atom is -0.387 e. The number of aliphatic imine (C=N–C) groups is 1. The van der Waals surface area contributed by atoms with Crippen LogP contribution in [0.5, 0.6) is 0 Å². The van der Waals surface area contributed by atoms with Crippen molar-refractivity contribution in [3.05, 3.63) is 0 Å². The number of nitrogens with zero attached hydrogens (tertiary/aromatic N) is 2. The highest BCUT2D eigenvalue weighted by molar-refractivity contribution is 14.0. The first-order chi connectivity index (χ1) is 12.6. The van der Waals surface area contributed by atoms with Gasteiger partial charge in [-0.3, -0.25) is 9.89 Å². The second-order valence-corrected chi connectivity index (χ2v) is 8.63. The van der Waals surface area contributed by atoms with E-state index in [4.69, 9.17) is 9.73 Å². The Balaban J connectivity index is 0.00000261. The van der Waals surface area contributed by atoms with Crippen LogP contribution < -0.4 is 10.6 Å². The Morgan fingerprint density at radius 2 is 1.93 bits per heavy atom. The van der Waals surface area contributed by atoms with Gasteiger partial charge in [-0.15, -0.1) is 24.0 Å². The summed E-state index contributed by atoms with van der Waals surface area (Å²) in [6.45, 7) is 9.19. The van der Waals surface area contributed by atoms with Gasteiger partial charge in [-0.05, 0) is 32.1 Å². The minimum atomic E-state index is -0.813. The van der Waals surface area contributed by atoms with Crippen LogP contribution in [0.15, 0.2) is 4.99 Å². The van der Waals surface area contributed by atoms with Gasteiger partial charge in [0.2, 0.25) is 0 Å². The highest BCUT2D eigenvalue weighted by Gasteiger charge is 2.43. The summed E-state index contributed by atoms with van der Waals surface area (Å²) < 4.78 is 5.38. The molecule has 27 heavy (non-hydrogen) atoms. The van der Waals surface area contributed by atoms with E-state index in [1.54, 1.807) is 0 Å². The summed E-state index contributed by atoms with van der Waals surface area (Å²) in [6.07, 6.45) is 8.33. The van der Waals surface area contributed by atoms with Gasteiger partial charge in [0.05, 0.1) is 25.4 Å². The van der Waals surface area contributed by atoms with Crippen LogP contribution in [0.2, 0.25) is 0 Å². The Hall–Kier alpha value is -0.120. The lowest BCUT2D eigenvalue weighted by atomic mass is 9.85. The standard InChI is InChI=1S/C20H38N4O2.HI/c1-3-21-19(23-18-13-17(18)16-7-5-4-6-8-16)22-14-20(2,25)15-24-9-11-26-12-10-24;/h16-18,25H,3-15H2,1-2H3,(H2,21,22,23);1H. The molecule has 0 spiro atoms. The smallest absolute Gasteiger partial charge is 0.191 e. The molecule has 3 aliphatic rings. The van der Waals surface area contributed by atoms with E-state index in [-0.39, 0.29) is 24.0 Å². The van der Waals surface area contributed by atoms with Crippen LogP contribution in [0, 0.1) is 11.8 Å². The zero-order valence-electron chi connectivity index (χ0n) is 17.1. The van der Waals surface area contributed by atoms with E-state index in [2.05, 4.69) is 22.5 Å². The maximum absolute atomic E-state index is 10.7. The summed E-state index contributed by atoms with van der Waals surface area (Å²) in [5.41, 5.74) is -0.813. The molecule has 6 nitrogen and oxygen atoms in total. The number of hydrogen-bond donors (Lipinski definition) is 3. The first kappa shape index (κ1) is 23.2. The highest BCUT2D eigenvalue weighted by Crippen LogP contribution is 2.44. The number of ether oxygens (including phenoxy) is 1. The molecule has 0 aromatic heterocycles. The number of halogens is 1. The van der Waals surface area contributed by atoms with Crippen LogP contribution in [-0.4, -0.2) is 73.5 Å². The van der Waals surface area contributed by atoms with Crippen molar-refractivity contribution in [3.63, 3.8) is 0 Å². The number of nitrogens with one attached hydrogen (secondary N) is 2. The molecule has 2 aliphatic carbocycles. The summed E-state index contributed by atoms with van der Waals surface area (Å²) >= 11 is 0. The lowest BCUT2D eigenvalue weighted by molar-refractivity contribution is -0.0180. The fourth-order valence-corrected chi connectivity index (χ4v) is 4.50. The van der Waals surface area contributed by atoms with Crippen LogP contribution >= 0.6 is 24.0 Å². The van der Waals surface area contributed by atoms with Crippen LogP contribution in [0.3, 0.4) is 0 Å². The number of morpholine rings is 1. The third kappa shape index (κ3) is 7.66. The molecule has 0 aromatic carbocycles. The van der Waals surface area contributed by atoms with Crippen molar-refractivity contribution in [3.8, 4) is 0 Å². The maximum atomic E-state index is 10.7. The van der Waals surface area contributed by atoms with E-state index in [9.17, 15) is 5.11 Å². The van der Waals surface area contributed by atoms with Crippen molar-refractivity contribution < 1.29 is 9.84 Å². The zero-order valence-corrected chi connectivity index (χ0v) is 19.4. The first-order valence-corrected chi connectivity index (χ1v) is 10.6. The average molecular weight is 494 g/mol. The average Bonchev–Trinajstić information content (AvgIpc) is 3.40. The summed E-state index contributed by atoms with van der Waals surface area (Å²) in [5.74, 6) is 2.60. The van der Waals surface area contributed by atoms with E-state index in [1.165, 1.54) is 38.5 Å². The normalized spacial score (nSPS) is 29.5. The largest absolute Gasteiger partial charge is 0.387 e. The van der Waals surface area contributed by atoms with Crippen molar-refractivity contribution >= 4 is 29.9 Å². The van der Waals surface area contributed by atoms with Crippen molar-refractivity contribution in [2.24, 2.45) is 16.8 Å². The van der Waals surface area contributed by atoms with E-state index in [0.29, 0.717) is 19.1 Å². The Morgan fingerprint density at radius 3 is 2.59 bits per heavy atom. The number of hydrogen-bond acceptors (Lipinski definition) is 4. The monoisotopic (exact) mass is 494 g/mol. The molecule has 1 aliphatic heterocycles. The molecule has 3 N–H and O–H groups in total. The van der Waals surface area contributed by atoms with Gasteiger partial charge in [0.1, 0.15) is 0 Å². The molecule has 3 rings (SSSR count). The van der Waals surface area contributed by atoms with Gasteiger partial charge >= 0.3 is 0 Å². The Labute approximate surface area is 181 Å². The van der Waals surface area contributed by atoms with Gasteiger partial charge in [0.25, 0.3) is 0 Å². The van der Waals surface area contributed by atoms with Crippen LogP contribution in [0.4, 0.5) is 0 Å². The first-order valence-electron chi connectivity index (χ1n) is 10.6. The molecule has 1 heterocycles. The zero-order chi connectivity index (χ0) is 18.4. The Bertz CT molecular complexity index is 463. The quantitative estimate of drug-likeness (QED) is 0.288. The molecule has 158 valence electrons. The van der Waals surface area contributed by atoms with E-state index in [1.807, 2.05) is 6.92 Å². The SMILES string of the molecule is CCNC(=NCC(C)(O)CN1CCOCC1)NC1CC1C1CCCCC1.I. The van der Waals surface area contributed by atoms with E-state index >= 15 is 0 Å². The third-order valence-electron chi connectivity index (χ3n) is 6.01.